The first kappa shape index (κ1) is 18.9. The van der Waals surface area contributed by atoms with E-state index < -0.39 is 5.82 Å². The average molecular weight is 373 g/mol. The number of anilines is 2. The van der Waals surface area contributed by atoms with Crippen molar-refractivity contribution >= 4 is 23.3 Å². The highest BCUT2D eigenvalue weighted by molar-refractivity contribution is 5.94. The quantitative estimate of drug-likeness (QED) is 0.765. The minimum absolute atomic E-state index is 0.0560. The summed E-state index contributed by atoms with van der Waals surface area (Å²) in [5.74, 6) is -0.869. The number of amides is 3. The third-order valence-electron chi connectivity index (χ3n) is 4.67. The van der Waals surface area contributed by atoms with E-state index in [1.807, 2.05) is 6.07 Å². The number of aromatic amines is 1. The fourth-order valence-corrected chi connectivity index (χ4v) is 3.09. The SMILES string of the molecule is CC(C)C(=O)Nc1cc(NC(=O)N2CCC[C@H](c3ccn[nH]3)C2)ccc1F. The third-order valence-corrected chi connectivity index (χ3v) is 4.67. The number of nitrogens with zero attached hydrogens (tertiary/aromatic N) is 2. The van der Waals surface area contributed by atoms with Crippen LogP contribution in [0.15, 0.2) is 30.5 Å². The van der Waals surface area contributed by atoms with Gasteiger partial charge in [0.2, 0.25) is 5.91 Å². The van der Waals surface area contributed by atoms with Crippen LogP contribution in [-0.4, -0.2) is 40.1 Å². The first-order chi connectivity index (χ1) is 12.9. The number of hydrogen-bond acceptors (Lipinski definition) is 3. The number of carbonyl (C=O) groups is 2. The Hall–Kier alpha value is -2.90. The van der Waals surface area contributed by atoms with Crippen LogP contribution in [0.4, 0.5) is 20.6 Å². The van der Waals surface area contributed by atoms with Crippen LogP contribution in [0.25, 0.3) is 0 Å². The number of benzene rings is 1. The fraction of sp³-hybridized carbons (Fsp3) is 0.421. The Bertz CT molecular complexity index is 806. The van der Waals surface area contributed by atoms with Gasteiger partial charge in [-0.05, 0) is 37.1 Å². The summed E-state index contributed by atoms with van der Waals surface area (Å²) in [5, 5.41) is 12.3. The topological polar surface area (TPSA) is 90.1 Å². The van der Waals surface area contributed by atoms with Crippen LogP contribution >= 0.6 is 0 Å². The molecular weight excluding hydrogens is 349 g/mol. The van der Waals surface area contributed by atoms with Gasteiger partial charge in [0.25, 0.3) is 0 Å². The molecule has 8 heteroatoms. The minimum atomic E-state index is -0.542. The smallest absolute Gasteiger partial charge is 0.321 e. The maximum atomic E-state index is 13.9. The van der Waals surface area contributed by atoms with Crippen molar-refractivity contribution < 1.29 is 14.0 Å². The molecule has 1 atom stereocenters. The van der Waals surface area contributed by atoms with Gasteiger partial charge in [-0.25, -0.2) is 9.18 Å². The second-order valence-corrected chi connectivity index (χ2v) is 7.07. The number of H-pyrrole nitrogens is 1. The Balaban J connectivity index is 1.66. The zero-order valence-electron chi connectivity index (χ0n) is 15.5. The van der Waals surface area contributed by atoms with Crippen LogP contribution in [0, 0.1) is 11.7 Å². The van der Waals surface area contributed by atoms with Crippen LogP contribution in [-0.2, 0) is 4.79 Å². The molecule has 1 aromatic carbocycles. The molecule has 0 unspecified atom stereocenters. The molecule has 0 bridgehead atoms. The van der Waals surface area contributed by atoms with Crippen molar-refractivity contribution in [3.05, 3.63) is 42.0 Å². The molecule has 0 radical (unpaired) electrons. The number of halogens is 1. The maximum Gasteiger partial charge on any atom is 0.321 e. The van der Waals surface area contributed by atoms with Gasteiger partial charge in [-0.15, -0.1) is 0 Å². The van der Waals surface area contributed by atoms with E-state index in [4.69, 9.17) is 0 Å². The van der Waals surface area contributed by atoms with Gasteiger partial charge in [-0.1, -0.05) is 13.8 Å². The van der Waals surface area contributed by atoms with Gasteiger partial charge in [0.1, 0.15) is 5.82 Å². The second-order valence-electron chi connectivity index (χ2n) is 7.07. The number of nitrogens with one attached hydrogen (secondary N) is 3. The number of urea groups is 1. The lowest BCUT2D eigenvalue weighted by molar-refractivity contribution is -0.118. The molecule has 144 valence electrons. The Morgan fingerprint density at radius 1 is 1.30 bits per heavy atom. The van der Waals surface area contributed by atoms with Crippen molar-refractivity contribution in [1.29, 1.82) is 0 Å². The zero-order chi connectivity index (χ0) is 19.4. The number of carbonyl (C=O) groups excluding carboxylic acids is 2. The van der Waals surface area contributed by atoms with E-state index in [1.54, 1.807) is 24.9 Å². The molecule has 1 saturated heterocycles. The van der Waals surface area contributed by atoms with E-state index >= 15 is 0 Å². The molecule has 1 aromatic heterocycles. The molecule has 0 saturated carbocycles. The van der Waals surface area contributed by atoms with Crippen molar-refractivity contribution in [2.24, 2.45) is 5.92 Å². The van der Waals surface area contributed by atoms with Crippen molar-refractivity contribution in [3.63, 3.8) is 0 Å². The van der Waals surface area contributed by atoms with E-state index in [2.05, 4.69) is 20.8 Å². The van der Waals surface area contributed by atoms with Crippen molar-refractivity contribution in [1.82, 2.24) is 15.1 Å². The summed E-state index contributed by atoms with van der Waals surface area (Å²) < 4.78 is 13.9. The summed E-state index contributed by atoms with van der Waals surface area (Å²) in [6, 6.07) is 5.83. The minimum Gasteiger partial charge on any atom is -0.324 e. The van der Waals surface area contributed by atoms with E-state index in [0.717, 1.165) is 18.5 Å². The van der Waals surface area contributed by atoms with Gasteiger partial charge in [0.15, 0.2) is 0 Å². The summed E-state index contributed by atoms with van der Waals surface area (Å²) in [5.41, 5.74) is 1.51. The lowest BCUT2D eigenvalue weighted by Gasteiger charge is -2.32. The molecule has 1 fully saturated rings. The number of rotatable bonds is 4. The summed E-state index contributed by atoms with van der Waals surface area (Å²) in [6.45, 7) is 4.71. The molecule has 3 rings (SSSR count). The number of hydrogen-bond donors (Lipinski definition) is 3. The summed E-state index contributed by atoms with van der Waals surface area (Å²) >= 11 is 0. The van der Waals surface area contributed by atoms with Gasteiger partial charge >= 0.3 is 6.03 Å². The Kier molecular flexibility index (Phi) is 5.73. The monoisotopic (exact) mass is 373 g/mol. The standard InChI is InChI=1S/C19H24FN5O2/c1-12(2)18(26)23-17-10-14(5-6-15(17)20)22-19(27)25-9-3-4-13(11-25)16-7-8-21-24-16/h5-8,10,12-13H,3-4,9,11H2,1-2H3,(H,21,24)(H,22,27)(H,23,26)/t13-/m0/s1. The van der Waals surface area contributed by atoms with Gasteiger partial charge in [-0.2, -0.15) is 5.10 Å². The molecular formula is C19H24FN5O2. The Morgan fingerprint density at radius 3 is 2.81 bits per heavy atom. The first-order valence-electron chi connectivity index (χ1n) is 9.09. The Labute approximate surface area is 157 Å². The van der Waals surface area contributed by atoms with Gasteiger partial charge in [-0.3, -0.25) is 9.89 Å². The zero-order valence-corrected chi connectivity index (χ0v) is 15.5. The fourth-order valence-electron chi connectivity index (χ4n) is 3.09. The summed E-state index contributed by atoms with van der Waals surface area (Å²) in [4.78, 5) is 26.2. The molecule has 27 heavy (non-hydrogen) atoms. The van der Waals surface area contributed by atoms with Crippen molar-refractivity contribution in [2.75, 3.05) is 23.7 Å². The van der Waals surface area contributed by atoms with E-state index in [9.17, 15) is 14.0 Å². The van der Waals surface area contributed by atoms with Crippen LogP contribution in [0.1, 0.15) is 38.3 Å². The molecule has 1 aliphatic rings. The van der Waals surface area contributed by atoms with Crippen LogP contribution in [0.5, 0.6) is 0 Å². The molecule has 0 spiro atoms. The van der Waals surface area contributed by atoms with E-state index in [1.165, 1.54) is 18.2 Å². The predicted octanol–water partition coefficient (Wildman–Crippen LogP) is 3.55. The number of aromatic nitrogens is 2. The van der Waals surface area contributed by atoms with Crippen LogP contribution in [0.2, 0.25) is 0 Å². The second kappa shape index (κ2) is 8.20. The molecule has 0 aliphatic carbocycles. The summed E-state index contributed by atoms with van der Waals surface area (Å²) in [7, 11) is 0. The largest absolute Gasteiger partial charge is 0.324 e. The van der Waals surface area contributed by atoms with Gasteiger partial charge < -0.3 is 15.5 Å². The normalized spacial score (nSPS) is 17.0. The van der Waals surface area contributed by atoms with E-state index in [-0.39, 0.29) is 29.5 Å². The predicted molar refractivity (Wildman–Crippen MR) is 101 cm³/mol. The molecule has 1 aliphatic heterocycles. The van der Waals surface area contributed by atoms with Crippen molar-refractivity contribution in [3.8, 4) is 0 Å². The molecule has 2 heterocycles. The first-order valence-corrected chi connectivity index (χ1v) is 9.09. The number of piperidine rings is 1. The number of likely N-dealkylation sites (tertiary alicyclic amines) is 1. The lowest BCUT2D eigenvalue weighted by Crippen LogP contribution is -2.41. The third kappa shape index (κ3) is 4.64. The van der Waals surface area contributed by atoms with Crippen LogP contribution in [0.3, 0.4) is 0 Å². The van der Waals surface area contributed by atoms with Gasteiger partial charge in [0, 0.05) is 42.5 Å². The van der Waals surface area contributed by atoms with E-state index in [0.29, 0.717) is 18.8 Å². The Morgan fingerprint density at radius 2 is 2.11 bits per heavy atom. The van der Waals surface area contributed by atoms with Crippen molar-refractivity contribution in [2.45, 2.75) is 32.6 Å². The highest BCUT2D eigenvalue weighted by atomic mass is 19.1. The molecule has 3 amide bonds. The lowest BCUT2D eigenvalue weighted by atomic mass is 9.95. The highest BCUT2D eigenvalue weighted by Crippen LogP contribution is 2.26. The average Bonchev–Trinajstić information content (AvgIpc) is 3.19. The molecule has 3 N–H and O–H groups in total. The molecule has 7 nitrogen and oxygen atoms in total. The van der Waals surface area contributed by atoms with Crippen LogP contribution < -0.4 is 10.6 Å². The molecule has 2 aromatic rings. The van der Waals surface area contributed by atoms with Gasteiger partial charge in [0.05, 0.1) is 5.69 Å². The summed E-state index contributed by atoms with van der Waals surface area (Å²) in [6.07, 6.45) is 3.60. The highest BCUT2D eigenvalue weighted by Gasteiger charge is 2.25. The maximum absolute atomic E-state index is 13.9.